The van der Waals surface area contributed by atoms with Crippen molar-refractivity contribution >= 4 is 0 Å². The normalized spacial score (nSPS) is 20.2. The summed E-state index contributed by atoms with van der Waals surface area (Å²) in [5, 5.41) is 19.4. The van der Waals surface area contributed by atoms with Gasteiger partial charge in [-0.05, 0) is 57.0 Å². The minimum atomic E-state index is -0.527. The first-order valence-electron chi connectivity index (χ1n) is 8.61. The van der Waals surface area contributed by atoms with Crippen LogP contribution in [0.25, 0.3) is 0 Å². The Hall–Kier alpha value is -1.30. The average Bonchev–Trinajstić information content (AvgIpc) is 2.57. The minimum absolute atomic E-state index is 0.208. The van der Waals surface area contributed by atoms with Gasteiger partial charge in [-0.2, -0.15) is 0 Å². The number of aliphatic hydroxyl groups is 2. The predicted molar refractivity (Wildman–Crippen MR) is 90.0 cm³/mol. The predicted octanol–water partition coefficient (Wildman–Crippen LogP) is 2.06. The maximum atomic E-state index is 10.2. The van der Waals surface area contributed by atoms with E-state index in [1.807, 2.05) is 31.2 Å². The van der Waals surface area contributed by atoms with Crippen LogP contribution in [0.2, 0.25) is 0 Å². The van der Waals surface area contributed by atoms with Gasteiger partial charge < -0.3 is 19.7 Å². The molecule has 0 unspecified atom stereocenters. The van der Waals surface area contributed by atoms with E-state index in [0.717, 1.165) is 37.3 Å². The topological polar surface area (TPSA) is 62.2 Å². The molecular formula is C18H29NO4. The molecule has 2 N–H and O–H groups in total. The van der Waals surface area contributed by atoms with Gasteiger partial charge in [0.15, 0.2) is 0 Å². The quantitative estimate of drug-likeness (QED) is 0.728. The molecule has 0 saturated carbocycles. The number of hydrogen-bond acceptors (Lipinski definition) is 5. The lowest BCUT2D eigenvalue weighted by molar-refractivity contribution is 0.0332. The molecule has 1 fully saturated rings. The molecule has 23 heavy (non-hydrogen) atoms. The zero-order chi connectivity index (χ0) is 16.5. The van der Waals surface area contributed by atoms with E-state index < -0.39 is 6.10 Å². The van der Waals surface area contributed by atoms with Gasteiger partial charge in [0.1, 0.15) is 24.2 Å². The standard InChI is InChI=1S/C18H29NO4/c1-2-22-17-6-8-18(9-7-17)23-14-16(21)13-19-11-4-3-5-15(19)10-12-20/h6-9,15-16,20-21H,2-5,10-14H2,1H3/t15-,16+/m1/s1. The van der Waals surface area contributed by atoms with Crippen molar-refractivity contribution in [2.75, 3.05) is 32.9 Å². The van der Waals surface area contributed by atoms with E-state index in [2.05, 4.69) is 4.90 Å². The van der Waals surface area contributed by atoms with Gasteiger partial charge >= 0.3 is 0 Å². The Labute approximate surface area is 138 Å². The van der Waals surface area contributed by atoms with Crippen LogP contribution >= 0.6 is 0 Å². The molecule has 1 heterocycles. The minimum Gasteiger partial charge on any atom is -0.494 e. The average molecular weight is 323 g/mol. The van der Waals surface area contributed by atoms with Crippen molar-refractivity contribution < 1.29 is 19.7 Å². The lowest BCUT2D eigenvalue weighted by atomic mass is 9.99. The van der Waals surface area contributed by atoms with Gasteiger partial charge in [0.25, 0.3) is 0 Å². The van der Waals surface area contributed by atoms with E-state index in [1.165, 1.54) is 6.42 Å². The van der Waals surface area contributed by atoms with E-state index in [0.29, 0.717) is 19.2 Å². The van der Waals surface area contributed by atoms with E-state index in [9.17, 15) is 5.11 Å². The SMILES string of the molecule is CCOc1ccc(OC[C@@H](O)CN2CCCC[C@@H]2CCO)cc1. The Balaban J connectivity index is 1.76. The van der Waals surface area contributed by atoms with Crippen molar-refractivity contribution in [1.29, 1.82) is 0 Å². The summed E-state index contributed by atoms with van der Waals surface area (Å²) < 4.78 is 11.0. The molecule has 0 aliphatic carbocycles. The fraction of sp³-hybridized carbons (Fsp3) is 0.667. The highest BCUT2D eigenvalue weighted by Gasteiger charge is 2.24. The molecule has 0 bridgehead atoms. The Bertz CT molecular complexity index is 435. The summed E-state index contributed by atoms with van der Waals surface area (Å²) in [7, 11) is 0. The molecule has 0 spiro atoms. The number of hydrogen-bond donors (Lipinski definition) is 2. The van der Waals surface area contributed by atoms with Crippen LogP contribution in [0.3, 0.4) is 0 Å². The number of rotatable bonds is 9. The Morgan fingerprint density at radius 1 is 1.17 bits per heavy atom. The summed E-state index contributed by atoms with van der Waals surface area (Å²) in [4.78, 5) is 2.28. The molecule has 5 heteroatoms. The van der Waals surface area contributed by atoms with Crippen LogP contribution < -0.4 is 9.47 Å². The first kappa shape index (κ1) is 18.0. The molecule has 0 aromatic heterocycles. The fourth-order valence-electron chi connectivity index (χ4n) is 3.09. The molecule has 2 atom stereocenters. The second-order valence-corrected chi connectivity index (χ2v) is 6.03. The smallest absolute Gasteiger partial charge is 0.119 e. The Morgan fingerprint density at radius 2 is 1.87 bits per heavy atom. The van der Waals surface area contributed by atoms with Crippen molar-refractivity contribution in [2.24, 2.45) is 0 Å². The monoisotopic (exact) mass is 323 g/mol. The first-order chi connectivity index (χ1) is 11.2. The highest BCUT2D eigenvalue weighted by Crippen LogP contribution is 2.20. The third-order valence-electron chi connectivity index (χ3n) is 4.23. The zero-order valence-electron chi connectivity index (χ0n) is 14.0. The number of aliphatic hydroxyl groups excluding tert-OH is 2. The maximum Gasteiger partial charge on any atom is 0.119 e. The van der Waals surface area contributed by atoms with Crippen molar-refractivity contribution in [3.05, 3.63) is 24.3 Å². The second-order valence-electron chi connectivity index (χ2n) is 6.03. The highest BCUT2D eigenvalue weighted by molar-refractivity contribution is 5.31. The van der Waals surface area contributed by atoms with Gasteiger partial charge in [-0.25, -0.2) is 0 Å². The van der Waals surface area contributed by atoms with E-state index in [1.54, 1.807) is 0 Å². The number of likely N-dealkylation sites (tertiary alicyclic amines) is 1. The number of β-amino-alcohol motifs (C(OH)–C–C–N with tert-alkyl or cyclic N) is 1. The van der Waals surface area contributed by atoms with Crippen LogP contribution in [-0.4, -0.2) is 60.2 Å². The van der Waals surface area contributed by atoms with Crippen molar-refractivity contribution in [3.63, 3.8) is 0 Å². The van der Waals surface area contributed by atoms with E-state index in [-0.39, 0.29) is 13.2 Å². The third-order valence-corrected chi connectivity index (χ3v) is 4.23. The Kier molecular flexibility index (Phi) is 7.65. The van der Waals surface area contributed by atoms with Crippen LogP contribution in [0.4, 0.5) is 0 Å². The summed E-state index contributed by atoms with van der Waals surface area (Å²) in [5.41, 5.74) is 0. The van der Waals surface area contributed by atoms with Gasteiger partial charge in [0.05, 0.1) is 6.61 Å². The fourth-order valence-corrected chi connectivity index (χ4v) is 3.09. The molecule has 1 aromatic rings. The van der Waals surface area contributed by atoms with Crippen molar-refractivity contribution in [3.8, 4) is 11.5 Å². The molecule has 1 aliphatic rings. The summed E-state index contributed by atoms with van der Waals surface area (Å²) in [6.07, 6.45) is 3.73. The van der Waals surface area contributed by atoms with E-state index in [4.69, 9.17) is 14.6 Å². The molecule has 2 rings (SSSR count). The molecule has 130 valence electrons. The highest BCUT2D eigenvalue weighted by atomic mass is 16.5. The molecule has 1 aliphatic heterocycles. The number of nitrogens with zero attached hydrogens (tertiary/aromatic N) is 1. The van der Waals surface area contributed by atoms with Gasteiger partial charge in [-0.15, -0.1) is 0 Å². The lowest BCUT2D eigenvalue weighted by Gasteiger charge is -2.36. The summed E-state index contributed by atoms with van der Waals surface area (Å²) >= 11 is 0. The van der Waals surface area contributed by atoms with Crippen molar-refractivity contribution in [1.82, 2.24) is 4.90 Å². The number of benzene rings is 1. The molecule has 1 saturated heterocycles. The lowest BCUT2D eigenvalue weighted by Crippen LogP contribution is -2.45. The van der Waals surface area contributed by atoms with E-state index >= 15 is 0 Å². The largest absolute Gasteiger partial charge is 0.494 e. The second kappa shape index (κ2) is 9.75. The summed E-state index contributed by atoms with van der Waals surface area (Å²) in [5.74, 6) is 1.55. The third kappa shape index (κ3) is 6.01. The van der Waals surface area contributed by atoms with Gasteiger partial charge in [0.2, 0.25) is 0 Å². The molecule has 0 radical (unpaired) electrons. The van der Waals surface area contributed by atoms with Gasteiger partial charge in [-0.3, -0.25) is 4.90 Å². The molecule has 1 aromatic carbocycles. The van der Waals surface area contributed by atoms with Crippen LogP contribution in [0, 0.1) is 0 Å². The molecule has 0 amide bonds. The van der Waals surface area contributed by atoms with Crippen LogP contribution in [0.1, 0.15) is 32.6 Å². The van der Waals surface area contributed by atoms with Crippen LogP contribution in [-0.2, 0) is 0 Å². The summed E-state index contributed by atoms with van der Waals surface area (Å²) in [6, 6.07) is 7.83. The number of piperidine rings is 1. The first-order valence-corrected chi connectivity index (χ1v) is 8.61. The summed E-state index contributed by atoms with van der Waals surface area (Å²) in [6.45, 7) is 4.66. The van der Waals surface area contributed by atoms with Crippen LogP contribution in [0.15, 0.2) is 24.3 Å². The maximum absolute atomic E-state index is 10.2. The molecule has 5 nitrogen and oxygen atoms in total. The molecular weight excluding hydrogens is 294 g/mol. The van der Waals surface area contributed by atoms with Crippen molar-refractivity contribution in [2.45, 2.75) is 44.8 Å². The van der Waals surface area contributed by atoms with Crippen LogP contribution in [0.5, 0.6) is 11.5 Å². The van der Waals surface area contributed by atoms with Gasteiger partial charge in [-0.1, -0.05) is 6.42 Å². The zero-order valence-corrected chi connectivity index (χ0v) is 14.0. The Morgan fingerprint density at radius 3 is 2.52 bits per heavy atom. The number of ether oxygens (including phenoxy) is 2. The van der Waals surface area contributed by atoms with Gasteiger partial charge in [0, 0.05) is 19.2 Å².